The molecule has 1 aromatic heterocycles. The molecule has 166 valence electrons. The van der Waals surface area contributed by atoms with E-state index in [0.717, 1.165) is 0 Å². The van der Waals surface area contributed by atoms with Gasteiger partial charge in [0.25, 0.3) is 5.91 Å². The summed E-state index contributed by atoms with van der Waals surface area (Å²) in [6.07, 6.45) is 1.17. The summed E-state index contributed by atoms with van der Waals surface area (Å²) < 4.78 is 6.80. The molecule has 0 unspecified atom stereocenters. The Hall–Kier alpha value is -2.65. The lowest BCUT2D eigenvalue weighted by Gasteiger charge is -2.37. The van der Waals surface area contributed by atoms with Gasteiger partial charge in [-0.25, -0.2) is 9.78 Å². The molecule has 0 fully saturated rings. The highest BCUT2D eigenvalue weighted by Crippen LogP contribution is 2.28. The number of carbonyl (C=O) groups is 2. The van der Waals surface area contributed by atoms with Gasteiger partial charge in [-0.2, -0.15) is 0 Å². The van der Waals surface area contributed by atoms with Crippen LogP contribution in [0.2, 0.25) is 0 Å². The van der Waals surface area contributed by atoms with Gasteiger partial charge in [-0.15, -0.1) is 0 Å². The lowest BCUT2D eigenvalue weighted by Crippen LogP contribution is -2.50. The van der Waals surface area contributed by atoms with Crippen LogP contribution in [0, 0.1) is 5.92 Å². The molecule has 2 heterocycles. The van der Waals surface area contributed by atoms with Crippen LogP contribution in [0.4, 0.5) is 10.5 Å². The van der Waals surface area contributed by atoms with Gasteiger partial charge in [0.15, 0.2) is 0 Å². The number of pyridine rings is 1. The van der Waals surface area contributed by atoms with Crippen LogP contribution in [-0.2, 0) is 0 Å². The standard InChI is InChI=1S/C22H27BrN4O4/c1-14-11-27(15(2)13-28)21(29)18-9-16(23)10-24-20(18)31-19(14)12-26(3)22(30)25-17-7-5-4-6-8-17/h4-10,14-15,19,28H,11-13H2,1-3H3,(H,25,30)/t14-,15+,19-/m0/s1. The number of rotatable bonds is 5. The monoisotopic (exact) mass is 490 g/mol. The van der Waals surface area contributed by atoms with Gasteiger partial charge in [-0.1, -0.05) is 25.1 Å². The second kappa shape index (κ2) is 10.1. The zero-order valence-electron chi connectivity index (χ0n) is 17.8. The number of fused-ring (bicyclic) bond motifs is 1. The number of aliphatic hydroxyl groups excluding tert-OH is 1. The highest BCUT2D eigenvalue weighted by Gasteiger charge is 2.34. The number of urea groups is 1. The maximum absolute atomic E-state index is 13.1. The van der Waals surface area contributed by atoms with Gasteiger partial charge in [0, 0.05) is 35.9 Å². The third kappa shape index (κ3) is 5.54. The molecule has 0 radical (unpaired) electrons. The Morgan fingerprint density at radius 1 is 1.42 bits per heavy atom. The fourth-order valence-corrected chi connectivity index (χ4v) is 3.72. The summed E-state index contributed by atoms with van der Waals surface area (Å²) >= 11 is 3.36. The van der Waals surface area contributed by atoms with Crippen molar-refractivity contribution in [3.8, 4) is 5.88 Å². The summed E-state index contributed by atoms with van der Waals surface area (Å²) in [5.74, 6) is -0.133. The molecular weight excluding hydrogens is 464 g/mol. The van der Waals surface area contributed by atoms with E-state index in [-0.39, 0.29) is 36.4 Å². The first-order chi connectivity index (χ1) is 14.8. The molecule has 3 rings (SSSR count). The van der Waals surface area contributed by atoms with Gasteiger partial charge in [-0.3, -0.25) is 4.79 Å². The van der Waals surface area contributed by atoms with Gasteiger partial charge < -0.3 is 25.0 Å². The van der Waals surface area contributed by atoms with Crippen molar-refractivity contribution in [3.05, 3.63) is 52.6 Å². The molecule has 3 atom stereocenters. The van der Waals surface area contributed by atoms with Gasteiger partial charge in [0.2, 0.25) is 5.88 Å². The second-order valence-corrected chi connectivity index (χ2v) is 8.72. The molecule has 0 saturated heterocycles. The zero-order chi connectivity index (χ0) is 22.5. The van der Waals surface area contributed by atoms with E-state index in [9.17, 15) is 14.7 Å². The first-order valence-corrected chi connectivity index (χ1v) is 10.9. The number of benzene rings is 1. The van der Waals surface area contributed by atoms with Crippen molar-refractivity contribution in [3.63, 3.8) is 0 Å². The number of anilines is 1. The van der Waals surface area contributed by atoms with Crippen LogP contribution in [-0.4, -0.2) is 70.7 Å². The van der Waals surface area contributed by atoms with Crippen LogP contribution in [0.25, 0.3) is 0 Å². The fraction of sp³-hybridized carbons (Fsp3) is 0.409. The van der Waals surface area contributed by atoms with Gasteiger partial charge in [0.1, 0.15) is 11.7 Å². The first kappa shape index (κ1) is 23.0. The number of halogens is 1. The van der Waals surface area contributed by atoms with Crippen LogP contribution >= 0.6 is 15.9 Å². The number of ether oxygens (including phenoxy) is 1. The lowest BCUT2D eigenvalue weighted by atomic mass is 10.0. The summed E-state index contributed by atoms with van der Waals surface area (Å²) in [4.78, 5) is 33.3. The normalized spacial score (nSPS) is 19.5. The van der Waals surface area contributed by atoms with E-state index in [1.54, 1.807) is 36.0 Å². The smallest absolute Gasteiger partial charge is 0.321 e. The van der Waals surface area contributed by atoms with Crippen molar-refractivity contribution in [2.75, 3.05) is 32.1 Å². The Kier molecular flexibility index (Phi) is 7.50. The Labute approximate surface area is 190 Å². The molecule has 1 aliphatic rings. The summed E-state index contributed by atoms with van der Waals surface area (Å²) in [5.41, 5.74) is 1.03. The SMILES string of the molecule is C[C@H](CO)N1C[C@H](C)[C@H](CN(C)C(=O)Nc2ccccc2)Oc2ncc(Br)cc2C1=O. The number of carbonyl (C=O) groups excluding carboxylic acids is 2. The average molecular weight is 491 g/mol. The molecule has 0 bridgehead atoms. The minimum absolute atomic E-state index is 0.108. The van der Waals surface area contributed by atoms with Crippen LogP contribution in [0.1, 0.15) is 24.2 Å². The van der Waals surface area contributed by atoms with Crippen molar-refractivity contribution in [1.82, 2.24) is 14.8 Å². The zero-order valence-corrected chi connectivity index (χ0v) is 19.4. The molecule has 2 N–H and O–H groups in total. The van der Waals surface area contributed by atoms with Crippen LogP contribution in [0.15, 0.2) is 47.1 Å². The molecule has 0 saturated carbocycles. The maximum atomic E-state index is 13.1. The topological polar surface area (TPSA) is 95.0 Å². The van der Waals surface area contributed by atoms with E-state index < -0.39 is 6.10 Å². The molecule has 0 spiro atoms. The van der Waals surface area contributed by atoms with Crippen molar-refractivity contribution >= 4 is 33.6 Å². The highest BCUT2D eigenvalue weighted by atomic mass is 79.9. The predicted molar refractivity (Wildman–Crippen MR) is 121 cm³/mol. The van der Waals surface area contributed by atoms with Gasteiger partial charge >= 0.3 is 6.03 Å². The van der Waals surface area contributed by atoms with E-state index in [4.69, 9.17) is 4.74 Å². The predicted octanol–water partition coefficient (Wildman–Crippen LogP) is 3.23. The van der Waals surface area contributed by atoms with E-state index >= 15 is 0 Å². The highest BCUT2D eigenvalue weighted by molar-refractivity contribution is 9.10. The van der Waals surface area contributed by atoms with Crippen molar-refractivity contribution < 1.29 is 19.4 Å². The third-order valence-corrected chi connectivity index (χ3v) is 5.75. The van der Waals surface area contributed by atoms with E-state index in [1.807, 2.05) is 37.3 Å². The Balaban J connectivity index is 1.83. The quantitative estimate of drug-likeness (QED) is 0.670. The molecule has 3 amide bonds. The molecule has 9 heteroatoms. The summed E-state index contributed by atoms with van der Waals surface area (Å²) in [6.45, 7) is 4.28. The number of hydrogen-bond acceptors (Lipinski definition) is 5. The largest absolute Gasteiger partial charge is 0.472 e. The molecule has 0 aliphatic carbocycles. The van der Waals surface area contributed by atoms with E-state index in [0.29, 0.717) is 28.8 Å². The van der Waals surface area contributed by atoms with Crippen molar-refractivity contribution in [2.24, 2.45) is 5.92 Å². The average Bonchev–Trinajstić information content (AvgIpc) is 2.76. The number of likely N-dealkylation sites (N-methyl/N-ethyl adjacent to an activating group) is 1. The number of aliphatic hydroxyl groups is 1. The van der Waals surface area contributed by atoms with E-state index in [1.165, 1.54) is 0 Å². The van der Waals surface area contributed by atoms with E-state index in [2.05, 4.69) is 26.2 Å². The van der Waals surface area contributed by atoms with Crippen molar-refractivity contribution in [2.45, 2.75) is 26.0 Å². The summed E-state index contributed by atoms with van der Waals surface area (Å²) in [5, 5.41) is 12.5. The number of hydrogen-bond donors (Lipinski definition) is 2. The van der Waals surface area contributed by atoms with Crippen LogP contribution in [0.3, 0.4) is 0 Å². The number of aromatic nitrogens is 1. The number of nitrogens with one attached hydrogen (secondary N) is 1. The van der Waals surface area contributed by atoms with Crippen LogP contribution in [0.5, 0.6) is 5.88 Å². The Morgan fingerprint density at radius 3 is 2.81 bits per heavy atom. The lowest BCUT2D eigenvalue weighted by molar-refractivity contribution is 0.0356. The minimum atomic E-state index is -0.402. The first-order valence-electron chi connectivity index (χ1n) is 10.1. The minimum Gasteiger partial charge on any atom is -0.472 e. The number of nitrogens with zero attached hydrogens (tertiary/aromatic N) is 3. The Bertz CT molecular complexity index is 927. The van der Waals surface area contributed by atoms with Gasteiger partial charge in [-0.05, 0) is 41.1 Å². The maximum Gasteiger partial charge on any atom is 0.321 e. The Morgan fingerprint density at radius 2 is 2.13 bits per heavy atom. The summed E-state index contributed by atoms with van der Waals surface area (Å²) in [6, 6.07) is 10.3. The molecular formula is C22H27BrN4O4. The molecule has 8 nitrogen and oxygen atoms in total. The molecule has 1 aromatic carbocycles. The van der Waals surface area contributed by atoms with Gasteiger partial charge in [0.05, 0.1) is 19.2 Å². The fourth-order valence-electron chi connectivity index (χ4n) is 3.39. The third-order valence-electron chi connectivity index (χ3n) is 5.31. The number of para-hydroxylation sites is 1. The molecule has 2 aromatic rings. The molecule has 1 aliphatic heterocycles. The second-order valence-electron chi connectivity index (χ2n) is 7.81. The van der Waals surface area contributed by atoms with Crippen LogP contribution < -0.4 is 10.1 Å². The van der Waals surface area contributed by atoms with Crippen molar-refractivity contribution in [1.29, 1.82) is 0 Å². The summed E-state index contributed by atoms with van der Waals surface area (Å²) in [7, 11) is 1.70. The molecule has 31 heavy (non-hydrogen) atoms. The number of amides is 3.